The number of rotatable bonds is 3. The van der Waals surface area contributed by atoms with Crippen molar-refractivity contribution in [3.8, 4) is 0 Å². The molecule has 0 saturated heterocycles. The van der Waals surface area contributed by atoms with Crippen molar-refractivity contribution < 1.29 is 9.95 Å². The number of benzene rings is 1. The first-order chi connectivity index (χ1) is 6.50. The summed E-state index contributed by atoms with van der Waals surface area (Å²) in [5, 5.41) is 22.3. The molecule has 5 nitrogen and oxygen atoms in total. The predicted octanol–water partition coefficient (Wildman–Crippen LogP) is 1.43. The van der Waals surface area contributed by atoms with E-state index in [1.54, 1.807) is 19.1 Å². The maximum atomic E-state index is 10.6. The van der Waals surface area contributed by atoms with Crippen LogP contribution in [0.2, 0.25) is 6.82 Å². The monoisotopic (exact) mass is 194 g/mol. The van der Waals surface area contributed by atoms with Crippen molar-refractivity contribution in [2.75, 3.05) is 5.23 Å². The number of hydrogen-bond donors (Lipinski definition) is 2. The quantitative estimate of drug-likeness (QED) is 0.433. The highest BCUT2D eigenvalue weighted by molar-refractivity contribution is 6.53. The standard InChI is InChI=1S/C8H11BN2O3/c1-6-3-4-7(10-9(2)12)8(5-6)11(13)14/h3-5,10,12H,1-2H3. The summed E-state index contributed by atoms with van der Waals surface area (Å²) in [5.41, 5.74) is 1.12. The van der Waals surface area contributed by atoms with Gasteiger partial charge in [0, 0.05) is 6.07 Å². The Kier molecular flexibility index (Phi) is 3.08. The Hall–Kier alpha value is -1.56. The van der Waals surface area contributed by atoms with Gasteiger partial charge in [0.05, 0.1) is 4.92 Å². The largest absolute Gasteiger partial charge is 0.433 e. The minimum absolute atomic E-state index is 0.0223. The molecule has 0 aromatic heterocycles. The Bertz CT molecular complexity index is 354. The van der Waals surface area contributed by atoms with Crippen molar-refractivity contribution in [3.05, 3.63) is 33.9 Å². The van der Waals surface area contributed by atoms with Gasteiger partial charge in [-0.15, -0.1) is 0 Å². The van der Waals surface area contributed by atoms with Crippen LogP contribution in [0.15, 0.2) is 18.2 Å². The van der Waals surface area contributed by atoms with Gasteiger partial charge in [0.15, 0.2) is 0 Å². The van der Waals surface area contributed by atoms with Gasteiger partial charge in [0.1, 0.15) is 5.69 Å². The highest BCUT2D eigenvalue weighted by Gasteiger charge is 2.15. The minimum atomic E-state index is -0.809. The number of anilines is 1. The van der Waals surface area contributed by atoms with Gasteiger partial charge < -0.3 is 10.3 Å². The molecule has 0 aliphatic carbocycles. The number of nitrogens with one attached hydrogen (secondary N) is 1. The van der Waals surface area contributed by atoms with Crippen LogP contribution in [0, 0.1) is 17.0 Å². The summed E-state index contributed by atoms with van der Waals surface area (Å²) in [6, 6.07) is 4.79. The fourth-order valence-electron chi connectivity index (χ4n) is 1.14. The summed E-state index contributed by atoms with van der Waals surface area (Å²) in [5.74, 6) is 0. The van der Waals surface area contributed by atoms with E-state index in [1.807, 2.05) is 0 Å². The molecule has 2 N–H and O–H groups in total. The number of aryl methyl sites for hydroxylation is 1. The molecule has 0 aliphatic heterocycles. The summed E-state index contributed by atoms with van der Waals surface area (Å²) in [6.07, 6.45) is 0. The molecule has 0 amide bonds. The Morgan fingerprint density at radius 2 is 2.21 bits per heavy atom. The van der Waals surface area contributed by atoms with Crippen molar-refractivity contribution in [1.29, 1.82) is 0 Å². The second-order valence-electron chi connectivity index (χ2n) is 3.10. The van der Waals surface area contributed by atoms with Crippen LogP contribution in [-0.4, -0.2) is 17.0 Å². The average Bonchev–Trinajstić information content (AvgIpc) is 2.07. The second-order valence-corrected chi connectivity index (χ2v) is 3.10. The van der Waals surface area contributed by atoms with E-state index in [4.69, 9.17) is 5.02 Å². The van der Waals surface area contributed by atoms with E-state index in [-0.39, 0.29) is 5.69 Å². The molecule has 0 atom stereocenters. The third-order valence-corrected chi connectivity index (χ3v) is 1.71. The molecule has 0 bridgehead atoms. The Labute approximate surface area is 82.0 Å². The van der Waals surface area contributed by atoms with Crippen LogP contribution in [0.25, 0.3) is 0 Å². The Morgan fingerprint density at radius 3 is 2.71 bits per heavy atom. The molecular weight excluding hydrogens is 183 g/mol. The van der Waals surface area contributed by atoms with E-state index in [0.29, 0.717) is 5.69 Å². The molecule has 0 radical (unpaired) electrons. The lowest BCUT2D eigenvalue weighted by atomic mass is 9.88. The molecule has 0 spiro atoms. The van der Waals surface area contributed by atoms with Crippen molar-refractivity contribution in [2.45, 2.75) is 13.7 Å². The molecule has 0 heterocycles. The fraction of sp³-hybridized carbons (Fsp3) is 0.250. The first kappa shape index (κ1) is 10.5. The smallest absolute Gasteiger partial charge is 0.407 e. The van der Waals surface area contributed by atoms with E-state index < -0.39 is 12.0 Å². The molecule has 1 rings (SSSR count). The summed E-state index contributed by atoms with van der Waals surface area (Å²) in [4.78, 5) is 10.2. The summed E-state index contributed by atoms with van der Waals surface area (Å²) in [6.45, 7) is 3.28. The SMILES string of the molecule is CB(O)Nc1ccc(C)cc1[N+](=O)[O-]. The molecule has 14 heavy (non-hydrogen) atoms. The lowest BCUT2D eigenvalue weighted by molar-refractivity contribution is -0.383. The third kappa shape index (κ3) is 2.46. The molecule has 1 aromatic rings. The Balaban J connectivity index is 3.08. The normalized spacial score (nSPS) is 9.64. The zero-order valence-electron chi connectivity index (χ0n) is 8.02. The number of nitro groups is 1. The second kappa shape index (κ2) is 4.10. The van der Waals surface area contributed by atoms with Gasteiger partial charge >= 0.3 is 7.05 Å². The van der Waals surface area contributed by atoms with E-state index >= 15 is 0 Å². The minimum Gasteiger partial charge on any atom is -0.433 e. The molecule has 6 heteroatoms. The first-order valence-corrected chi connectivity index (χ1v) is 4.20. The van der Waals surface area contributed by atoms with Crippen molar-refractivity contribution in [1.82, 2.24) is 0 Å². The van der Waals surface area contributed by atoms with Crippen LogP contribution < -0.4 is 5.23 Å². The van der Waals surface area contributed by atoms with Crippen LogP contribution in [0.1, 0.15) is 5.56 Å². The van der Waals surface area contributed by atoms with Gasteiger partial charge in [-0.3, -0.25) is 10.1 Å². The van der Waals surface area contributed by atoms with Crippen LogP contribution >= 0.6 is 0 Å². The Morgan fingerprint density at radius 1 is 1.57 bits per heavy atom. The maximum absolute atomic E-state index is 10.6. The van der Waals surface area contributed by atoms with Gasteiger partial charge in [-0.25, -0.2) is 0 Å². The van der Waals surface area contributed by atoms with E-state index in [2.05, 4.69) is 5.23 Å². The van der Waals surface area contributed by atoms with Crippen molar-refractivity contribution in [3.63, 3.8) is 0 Å². The average molecular weight is 194 g/mol. The first-order valence-electron chi connectivity index (χ1n) is 4.20. The van der Waals surface area contributed by atoms with Gasteiger partial charge in [-0.2, -0.15) is 0 Å². The van der Waals surface area contributed by atoms with E-state index in [0.717, 1.165) is 5.56 Å². The molecule has 0 aliphatic rings. The summed E-state index contributed by atoms with van der Waals surface area (Å²) >= 11 is 0. The van der Waals surface area contributed by atoms with Gasteiger partial charge in [-0.05, 0) is 25.4 Å². The molecule has 1 aromatic carbocycles. The summed E-state index contributed by atoms with van der Waals surface area (Å²) < 4.78 is 0. The molecule has 0 saturated carbocycles. The molecular formula is C8H11BN2O3. The van der Waals surface area contributed by atoms with Crippen LogP contribution in [0.3, 0.4) is 0 Å². The van der Waals surface area contributed by atoms with Crippen LogP contribution in [0.4, 0.5) is 11.4 Å². The lowest BCUT2D eigenvalue weighted by Crippen LogP contribution is -2.20. The van der Waals surface area contributed by atoms with Gasteiger partial charge in [0.2, 0.25) is 0 Å². The molecule has 74 valence electrons. The van der Waals surface area contributed by atoms with Crippen molar-refractivity contribution in [2.24, 2.45) is 0 Å². The molecule has 0 fully saturated rings. The van der Waals surface area contributed by atoms with E-state index in [1.165, 1.54) is 12.9 Å². The highest BCUT2D eigenvalue weighted by atomic mass is 16.6. The zero-order chi connectivity index (χ0) is 10.7. The molecule has 0 unspecified atom stereocenters. The third-order valence-electron chi connectivity index (χ3n) is 1.71. The highest BCUT2D eigenvalue weighted by Crippen LogP contribution is 2.25. The lowest BCUT2D eigenvalue weighted by Gasteiger charge is -2.06. The number of hydrogen-bond acceptors (Lipinski definition) is 4. The number of nitrogens with zero attached hydrogens (tertiary/aromatic N) is 1. The zero-order valence-corrected chi connectivity index (χ0v) is 8.02. The van der Waals surface area contributed by atoms with Gasteiger partial charge in [-0.1, -0.05) is 6.07 Å². The summed E-state index contributed by atoms with van der Waals surface area (Å²) in [7, 11) is -0.809. The van der Waals surface area contributed by atoms with Crippen LogP contribution in [0.5, 0.6) is 0 Å². The topological polar surface area (TPSA) is 75.4 Å². The fourth-order valence-corrected chi connectivity index (χ4v) is 1.14. The van der Waals surface area contributed by atoms with Crippen molar-refractivity contribution >= 4 is 18.4 Å². The van der Waals surface area contributed by atoms with Gasteiger partial charge in [0.25, 0.3) is 5.69 Å². The number of nitro benzene ring substituents is 1. The van der Waals surface area contributed by atoms with E-state index in [9.17, 15) is 10.1 Å². The predicted molar refractivity (Wildman–Crippen MR) is 55.3 cm³/mol. The van der Waals surface area contributed by atoms with Crippen LogP contribution in [-0.2, 0) is 0 Å². The maximum Gasteiger partial charge on any atom is 0.407 e.